The summed E-state index contributed by atoms with van der Waals surface area (Å²) in [5.41, 5.74) is 0.361. The van der Waals surface area contributed by atoms with Crippen LogP contribution in [0, 0.1) is 10.1 Å². The average Bonchev–Trinajstić information content (AvgIpc) is 2.43. The Morgan fingerprint density at radius 3 is 2.23 bits per heavy atom. The van der Waals surface area contributed by atoms with Gasteiger partial charge in [0, 0.05) is 18.6 Å². The second-order valence-corrected chi connectivity index (χ2v) is 4.49. The maximum Gasteiger partial charge on any atom is 0.326 e. The van der Waals surface area contributed by atoms with E-state index in [0.29, 0.717) is 5.56 Å². The molecule has 9 heteroatoms. The van der Waals surface area contributed by atoms with Gasteiger partial charge >= 0.3 is 11.9 Å². The van der Waals surface area contributed by atoms with E-state index in [1.807, 2.05) is 0 Å². The van der Waals surface area contributed by atoms with Crippen molar-refractivity contribution in [1.82, 2.24) is 5.32 Å². The van der Waals surface area contributed by atoms with E-state index in [-0.39, 0.29) is 24.9 Å². The summed E-state index contributed by atoms with van der Waals surface area (Å²) < 4.78 is 0. The third kappa shape index (κ3) is 5.57. The van der Waals surface area contributed by atoms with E-state index >= 15 is 0 Å². The Hall–Kier alpha value is -2.97. The first-order valence-electron chi connectivity index (χ1n) is 6.27. The fourth-order valence-electron chi connectivity index (χ4n) is 1.69. The first kappa shape index (κ1) is 17.1. The maximum atomic E-state index is 11.7. The second-order valence-electron chi connectivity index (χ2n) is 4.49. The molecule has 0 unspecified atom stereocenters. The van der Waals surface area contributed by atoms with Crippen LogP contribution in [0.15, 0.2) is 24.3 Å². The molecule has 118 valence electrons. The molecule has 0 aliphatic heterocycles. The number of carboxylic acids is 2. The summed E-state index contributed by atoms with van der Waals surface area (Å²) in [5.74, 6) is -3.08. The number of nitro groups is 1. The summed E-state index contributed by atoms with van der Waals surface area (Å²) in [4.78, 5) is 43.0. The number of hydrogen-bond acceptors (Lipinski definition) is 5. The minimum Gasteiger partial charge on any atom is -0.481 e. The van der Waals surface area contributed by atoms with Crippen molar-refractivity contribution in [3.05, 3.63) is 39.9 Å². The summed E-state index contributed by atoms with van der Waals surface area (Å²) >= 11 is 0. The predicted octanol–water partition coefficient (Wildman–Crippen LogP) is 0.572. The Morgan fingerprint density at radius 2 is 1.77 bits per heavy atom. The van der Waals surface area contributed by atoms with Crippen LogP contribution >= 0.6 is 0 Å². The lowest BCUT2D eigenvalue weighted by molar-refractivity contribution is -0.384. The molecule has 0 saturated heterocycles. The predicted molar refractivity (Wildman–Crippen MR) is 73.2 cm³/mol. The standard InChI is InChI=1S/C13H14N2O7/c16-11(14-10(13(19)20)5-6-12(17)18)7-8-1-3-9(4-2-8)15(21)22/h1-4,10H,5-7H2,(H,14,16)(H,17,18)(H,19,20)/t10-/m0/s1. The van der Waals surface area contributed by atoms with Crippen molar-refractivity contribution in [2.45, 2.75) is 25.3 Å². The highest BCUT2D eigenvalue weighted by Gasteiger charge is 2.21. The molecule has 1 aromatic rings. The van der Waals surface area contributed by atoms with E-state index in [9.17, 15) is 24.5 Å². The molecule has 1 atom stereocenters. The molecule has 0 aliphatic rings. The number of aliphatic carboxylic acids is 2. The van der Waals surface area contributed by atoms with Gasteiger partial charge in [0.2, 0.25) is 5.91 Å². The molecule has 1 amide bonds. The number of carboxylic acid groups (broad SMARTS) is 2. The fraction of sp³-hybridized carbons (Fsp3) is 0.308. The highest BCUT2D eigenvalue weighted by atomic mass is 16.6. The molecule has 1 aromatic carbocycles. The topological polar surface area (TPSA) is 147 Å². The van der Waals surface area contributed by atoms with Gasteiger partial charge in [0.05, 0.1) is 11.3 Å². The normalized spacial score (nSPS) is 11.5. The van der Waals surface area contributed by atoms with Gasteiger partial charge < -0.3 is 15.5 Å². The van der Waals surface area contributed by atoms with Crippen molar-refractivity contribution in [3.8, 4) is 0 Å². The van der Waals surface area contributed by atoms with Crippen LogP contribution in [-0.2, 0) is 20.8 Å². The van der Waals surface area contributed by atoms with Crippen molar-refractivity contribution in [1.29, 1.82) is 0 Å². The summed E-state index contributed by atoms with van der Waals surface area (Å²) in [7, 11) is 0. The average molecular weight is 310 g/mol. The molecule has 3 N–H and O–H groups in total. The minimum absolute atomic E-state index is 0.117. The molecule has 0 aromatic heterocycles. The zero-order valence-electron chi connectivity index (χ0n) is 11.4. The third-order valence-corrected chi connectivity index (χ3v) is 2.79. The summed E-state index contributed by atoms with van der Waals surface area (Å²) in [6.07, 6.45) is -0.764. The SMILES string of the molecule is O=C(O)CC[C@H](NC(=O)Cc1ccc([N+](=O)[O-])cc1)C(=O)O. The maximum absolute atomic E-state index is 11.7. The number of hydrogen-bond donors (Lipinski definition) is 3. The van der Waals surface area contributed by atoms with Crippen molar-refractivity contribution in [2.24, 2.45) is 0 Å². The molecule has 0 fully saturated rings. The monoisotopic (exact) mass is 310 g/mol. The van der Waals surface area contributed by atoms with Gasteiger partial charge in [0.25, 0.3) is 5.69 Å². The number of nitro benzene ring substituents is 1. The first-order valence-corrected chi connectivity index (χ1v) is 6.27. The van der Waals surface area contributed by atoms with E-state index in [1.165, 1.54) is 24.3 Å². The Bertz CT molecular complexity index is 583. The Balaban J connectivity index is 2.61. The van der Waals surface area contributed by atoms with Gasteiger partial charge in [-0.05, 0) is 12.0 Å². The number of non-ortho nitro benzene ring substituents is 1. The molecule has 0 heterocycles. The Kier molecular flexibility index (Phi) is 5.99. The molecular weight excluding hydrogens is 296 g/mol. The van der Waals surface area contributed by atoms with Gasteiger partial charge in [-0.25, -0.2) is 4.79 Å². The minimum atomic E-state index is -1.32. The number of rotatable bonds is 8. The van der Waals surface area contributed by atoms with Crippen LogP contribution in [-0.4, -0.2) is 39.0 Å². The Labute approximate surface area is 124 Å². The van der Waals surface area contributed by atoms with E-state index < -0.39 is 28.8 Å². The van der Waals surface area contributed by atoms with Crippen molar-refractivity contribution in [2.75, 3.05) is 0 Å². The highest BCUT2D eigenvalue weighted by molar-refractivity contribution is 5.85. The van der Waals surface area contributed by atoms with Gasteiger partial charge in [-0.1, -0.05) is 12.1 Å². The molecule has 0 radical (unpaired) electrons. The molecule has 0 saturated carbocycles. The molecule has 0 aliphatic carbocycles. The first-order chi connectivity index (χ1) is 10.3. The summed E-state index contributed by atoms with van der Waals surface area (Å²) in [5, 5.41) is 30.2. The lowest BCUT2D eigenvalue weighted by Gasteiger charge is -2.13. The molecule has 22 heavy (non-hydrogen) atoms. The third-order valence-electron chi connectivity index (χ3n) is 2.79. The van der Waals surface area contributed by atoms with E-state index in [4.69, 9.17) is 10.2 Å². The van der Waals surface area contributed by atoms with Crippen molar-refractivity contribution in [3.63, 3.8) is 0 Å². The number of nitrogens with one attached hydrogen (secondary N) is 1. The van der Waals surface area contributed by atoms with Crippen LogP contribution in [0.25, 0.3) is 0 Å². The summed E-state index contributed by atoms with van der Waals surface area (Å²) in [6.45, 7) is 0. The lowest BCUT2D eigenvalue weighted by atomic mass is 10.1. The summed E-state index contributed by atoms with van der Waals surface area (Å²) in [6, 6.07) is 3.97. The smallest absolute Gasteiger partial charge is 0.326 e. The van der Waals surface area contributed by atoms with E-state index in [1.54, 1.807) is 0 Å². The van der Waals surface area contributed by atoms with Gasteiger partial charge in [0.1, 0.15) is 6.04 Å². The number of carbonyl (C=O) groups excluding carboxylic acids is 1. The molecule has 0 spiro atoms. The number of nitrogens with zero attached hydrogens (tertiary/aromatic N) is 1. The van der Waals surface area contributed by atoms with Crippen LogP contribution in [0.4, 0.5) is 5.69 Å². The number of amides is 1. The van der Waals surface area contributed by atoms with Gasteiger partial charge in [-0.2, -0.15) is 0 Å². The van der Waals surface area contributed by atoms with Crippen LogP contribution in [0.1, 0.15) is 18.4 Å². The quantitative estimate of drug-likeness (QED) is 0.469. The van der Waals surface area contributed by atoms with Gasteiger partial charge in [-0.3, -0.25) is 19.7 Å². The zero-order valence-corrected chi connectivity index (χ0v) is 11.4. The van der Waals surface area contributed by atoms with Crippen LogP contribution in [0.5, 0.6) is 0 Å². The molecule has 1 rings (SSSR count). The largest absolute Gasteiger partial charge is 0.481 e. The molecular formula is C13H14N2O7. The number of benzene rings is 1. The Morgan fingerprint density at radius 1 is 1.18 bits per heavy atom. The van der Waals surface area contributed by atoms with E-state index in [2.05, 4.69) is 5.32 Å². The van der Waals surface area contributed by atoms with Crippen LogP contribution < -0.4 is 5.32 Å². The van der Waals surface area contributed by atoms with Crippen molar-refractivity contribution < 1.29 is 29.5 Å². The van der Waals surface area contributed by atoms with Gasteiger partial charge in [0.15, 0.2) is 0 Å². The fourth-order valence-corrected chi connectivity index (χ4v) is 1.69. The van der Waals surface area contributed by atoms with Gasteiger partial charge in [-0.15, -0.1) is 0 Å². The zero-order chi connectivity index (χ0) is 16.7. The van der Waals surface area contributed by atoms with E-state index in [0.717, 1.165) is 0 Å². The van der Waals surface area contributed by atoms with Crippen LogP contribution in [0.3, 0.4) is 0 Å². The molecule has 0 bridgehead atoms. The highest BCUT2D eigenvalue weighted by Crippen LogP contribution is 2.12. The second kappa shape index (κ2) is 7.72. The van der Waals surface area contributed by atoms with Crippen molar-refractivity contribution >= 4 is 23.5 Å². The molecule has 9 nitrogen and oxygen atoms in total. The van der Waals surface area contributed by atoms with Crippen LogP contribution in [0.2, 0.25) is 0 Å². The lowest BCUT2D eigenvalue weighted by Crippen LogP contribution is -2.41. The number of carbonyl (C=O) groups is 3.